The molecule has 5 rings (SSSR count). The highest BCUT2D eigenvalue weighted by Gasteiger charge is 2.64. The summed E-state index contributed by atoms with van der Waals surface area (Å²) < 4.78 is 0. The molecule has 16 nitrogen and oxygen atoms in total. The van der Waals surface area contributed by atoms with Gasteiger partial charge in [0.2, 0.25) is 5.78 Å². The number of amides is 3. The lowest BCUT2D eigenvalue weighted by atomic mass is 9.57. The number of nitro groups is 1. The zero-order valence-electron chi connectivity index (χ0n) is 25.5. The largest absolute Gasteiger partial charge is 0.508 e. The van der Waals surface area contributed by atoms with Crippen LogP contribution in [0.3, 0.4) is 0 Å². The number of urea groups is 1. The van der Waals surface area contributed by atoms with E-state index in [9.17, 15) is 49.7 Å². The number of likely N-dealkylation sites (N-methyl/N-ethyl adjacent to an activating group) is 1. The molecule has 0 saturated heterocycles. The average Bonchev–Trinajstić information content (AvgIpc) is 2.96. The summed E-state index contributed by atoms with van der Waals surface area (Å²) in [7, 11) is 6.33. The molecule has 2 aromatic carbocycles. The van der Waals surface area contributed by atoms with Crippen LogP contribution in [0.1, 0.15) is 17.5 Å². The summed E-state index contributed by atoms with van der Waals surface area (Å²) in [6.07, 6.45) is -0.0687. The van der Waals surface area contributed by atoms with Crippen LogP contribution in [0.25, 0.3) is 5.76 Å². The van der Waals surface area contributed by atoms with Crippen molar-refractivity contribution in [1.29, 1.82) is 0 Å². The van der Waals surface area contributed by atoms with Crippen LogP contribution in [0.4, 0.5) is 27.5 Å². The van der Waals surface area contributed by atoms with Gasteiger partial charge in [-0.1, -0.05) is 11.6 Å². The van der Waals surface area contributed by atoms with Crippen molar-refractivity contribution in [1.82, 2.24) is 4.90 Å². The molecule has 47 heavy (non-hydrogen) atoms. The molecule has 3 amide bonds. The number of rotatable bonds is 6. The number of nitrogens with one attached hydrogen (secondary N) is 2. The van der Waals surface area contributed by atoms with E-state index in [1.54, 1.807) is 19.0 Å². The number of aliphatic hydroxyl groups is 3. The summed E-state index contributed by atoms with van der Waals surface area (Å²) in [5.41, 5.74) is 0.851. The Bertz CT molecular complexity index is 1850. The maximum Gasteiger partial charge on any atom is 0.323 e. The highest BCUT2D eigenvalue weighted by molar-refractivity contribution is 6.31. The standard InChI is InChI=1S/C30H31ClN6O10/c1-35(2)17-10-16(34-29(44)33-15-6-5-12(31)9-18(15)37(46)47)23(38)20-13(17)7-11-8-14-22(36(3)4)25(40)21(28(32)43)27(42)30(14,45)26(41)19(11)24(20)39/h5-6,9-11,14,22,38-39,42,45H,7-8H2,1-4H3,(H2,32,43)(H2,33,34,44)/t11?,14?,22-,30-/m0/s1. The second-order valence-electron chi connectivity index (χ2n) is 12.0. The number of ketones is 2. The summed E-state index contributed by atoms with van der Waals surface area (Å²) in [5, 5.41) is 62.1. The highest BCUT2D eigenvalue weighted by Crippen LogP contribution is 2.54. The van der Waals surface area contributed by atoms with Crippen molar-refractivity contribution in [3.63, 3.8) is 0 Å². The Morgan fingerprint density at radius 2 is 1.72 bits per heavy atom. The first kappa shape index (κ1) is 33.2. The number of Topliss-reactive ketones (excluding diaryl/α,β-unsaturated/α-hetero) is 2. The Kier molecular flexibility index (Phi) is 8.16. The molecule has 0 bridgehead atoms. The maximum atomic E-state index is 14.1. The molecule has 8 N–H and O–H groups in total. The van der Waals surface area contributed by atoms with Gasteiger partial charge in [-0.25, -0.2) is 4.79 Å². The number of hydrogen-bond acceptors (Lipinski definition) is 12. The Hall–Kier alpha value is -5.19. The lowest BCUT2D eigenvalue weighted by Gasteiger charge is -2.50. The predicted molar refractivity (Wildman–Crippen MR) is 169 cm³/mol. The molecule has 0 spiro atoms. The number of halogens is 1. The molecule has 3 aliphatic rings. The van der Waals surface area contributed by atoms with Gasteiger partial charge in [0.15, 0.2) is 17.1 Å². The number of carbonyl (C=O) groups excluding carboxylic acids is 4. The second kappa shape index (κ2) is 11.6. The van der Waals surface area contributed by atoms with E-state index in [0.29, 0.717) is 11.3 Å². The quantitative estimate of drug-likeness (QED) is 0.101. The molecular weight excluding hydrogens is 640 g/mol. The summed E-state index contributed by atoms with van der Waals surface area (Å²) >= 11 is 5.85. The molecule has 2 unspecified atom stereocenters. The highest BCUT2D eigenvalue weighted by atomic mass is 35.5. The fourth-order valence-corrected chi connectivity index (χ4v) is 6.99. The number of primary amides is 1. The number of nitrogens with zero attached hydrogens (tertiary/aromatic N) is 3. The van der Waals surface area contributed by atoms with Gasteiger partial charge in [0.1, 0.15) is 22.8 Å². The van der Waals surface area contributed by atoms with Crippen molar-refractivity contribution in [2.75, 3.05) is 43.7 Å². The maximum absolute atomic E-state index is 14.1. The number of nitrogens with two attached hydrogens (primary N) is 1. The molecule has 1 saturated carbocycles. The minimum absolute atomic E-state index is 0.0268. The second-order valence-corrected chi connectivity index (χ2v) is 12.4. The third-order valence-electron chi connectivity index (χ3n) is 8.83. The van der Waals surface area contributed by atoms with Crippen molar-refractivity contribution < 1.29 is 44.5 Å². The Balaban J connectivity index is 1.62. The summed E-state index contributed by atoms with van der Waals surface area (Å²) in [5.74, 6) is -8.06. The van der Waals surface area contributed by atoms with Crippen molar-refractivity contribution >= 4 is 63.6 Å². The number of phenols is 1. The van der Waals surface area contributed by atoms with E-state index in [4.69, 9.17) is 17.3 Å². The molecule has 0 heterocycles. The molecule has 0 radical (unpaired) electrons. The average molecular weight is 671 g/mol. The molecule has 17 heteroatoms. The number of carbonyl (C=O) groups is 4. The number of nitro benzene ring substituents is 1. The van der Waals surface area contributed by atoms with Crippen molar-refractivity contribution in [3.8, 4) is 5.75 Å². The number of fused-ring (bicyclic) bond motifs is 3. The zero-order chi connectivity index (χ0) is 34.9. The lowest BCUT2D eigenvalue weighted by molar-refractivity contribution is -0.383. The van der Waals surface area contributed by atoms with Crippen LogP contribution in [0.2, 0.25) is 5.02 Å². The molecule has 0 aliphatic heterocycles. The van der Waals surface area contributed by atoms with Crippen LogP contribution >= 0.6 is 11.6 Å². The van der Waals surface area contributed by atoms with Gasteiger partial charge in [-0.15, -0.1) is 0 Å². The predicted octanol–water partition coefficient (Wildman–Crippen LogP) is 2.24. The van der Waals surface area contributed by atoms with Crippen LogP contribution in [0, 0.1) is 22.0 Å². The molecule has 4 atom stereocenters. The first-order valence-corrected chi connectivity index (χ1v) is 14.5. The molecule has 3 aliphatic carbocycles. The van der Waals surface area contributed by atoms with E-state index >= 15 is 0 Å². The van der Waals surface area contributed by atoms with Gasteiger partial charge in [-0.3, -0.25) is 29.4 Å². The van der Waals surface area contributed by atoms with Crippen molar-refractivity contribution in [2.24, 2.45) is 17.6 Å². The molecular formula is C30H31ClN6O10. The monoisotopic (exact) mass is 670 g/mol. The number of aromatic hydroxyl groups is 1. The van der Waals surface area contributed by atoms with E-state index < -0.39 is 80.4 Å². The third-order valence-corrected chi connectivity index (χ3v) is 9.07. The first-order valence-electron chi connectivity index (χ1n) is 14.1. The Labute approximate surface area is 271 Å². The first-order chi connectivity index (χ1) is 21.9. The summed E-state index contributed by atoms with van der Waals surface area (Å²) in [6, 6.07) is 2.76. The van der Waals surface area contributed by atoms with Crippen LogP contribution in [0.15, 0.2) is 41.2 Å². The van der Waals surface area contributed by atoms with E-state index in [0.717, 1.165) is 6.07 Å². The SMILES string of the molecule is CN(C)c1cc(NC(=O)Nc2ccc(Cl)cc2[N+](=O)[O-])c(O)c2c1CC1CC3[C@H](N(C)C)C(=O)C(C(N)=O)=C(O)[C@@]3(O)C(=O)C1=C2O. The third kappa shape index (κ3) is 5.10. The van der Waals surface area contributed by atoms with Crippen LogP contribution < -0.4 is 21.3 Å². The van der Waals surface area contributed by atoms with Gasteiger partial charge >= 0.3 is 6.03 Å². The number of aliphatic hydroxyl groups excluding tert-OH is 2. The zero-order valence-corrected chi connectivity index (χ0v) is 26.2. The van der Waals surface area contributed by atoms with E-state index in [-0.39, 0.29) is 40.4 Å². The van der Waals surface area contributed by atoms with Crippen molar-refractivity contribution in [2.45, 2.75) is 24.5 Å². The Morgan fingerprint density at radius 1 is 1.09 bits per heavy atom. The van der Waals surface area contributed by atoms with Crippen LogP contribution in [-0.4, -0.2) is 93.6 Å². The van der Waals surface area contributed by atoms with Gasteiger partial charge in [-0.2, -0.15) is 0 Å². The number of phenolic OH excluding ortho intramolecular Hbond substituents is 1. The van der Waals surface area contributed by atoms with E-state index in [1.165, 1.54) is 37.2 Å². The molecule has 248 valence electrons. The van der Waals surface area contributed by atoms with Gasteiger partial charge in [-0.05, 0) is 56.6 Å². The number of hydrogen-bond donors (Lipinski definition) is 7. The summed E-state index contributed by atoms with van der Waals surface area (Å²) in [4.78, 5) is 66.3. The summed E-state index contributed by atoms with van der Waals surface area (Å²) in [6.45, 7) is 0. The molecule has 0 aromatic heterocycles. The minimum Gasteiger partial charge on any atom is -0.508 e. The van der Waals surface area contributed by atoms with Gasteiger partial charge < -0.3 is 41.7 Å². The van der Waals surface area contributed by atoms with Gasteiger partial charge in [0.25, 0.3) is 11.6 Å². The van der Waals surface area contributed by atoms with Crippen LogP contribution in [0.5, 0.6) is 5.75 Å². The smallest absolute Gasteiger partial charge is 0.323 e. The van der Waals surface area contributed by atoms with Crippen molar-refractivity contribution in [3.05, 3.63) is 67.4 Å². The minimum atomic E-state index is -2.81. The number of anilines is 3. The van der Waals surface area contributed by atoms with Gasteiger partial charge in [0.05, 0.1) is 22.2 Å². The topological polar surface area (TPSA) is 249 Å². The van der Waals surface area contributed by atoms with Gasteiger partial charge in [0, 0.05) is 42.4 Å². The lowest BCUT2D eigenvalue weighted by Crippen LogP contribution is -2.65. The normalized spacial score (nSPS) is 23.6. The fraction of sp³-hybridized carbons (Fsp3) is 0.333. The molecule has 1 fully saturated rings. The van der Waals surface area contributed by atoms with Crippen LogP contribution in [-0.2, 0) is 20.8 Å². The number of benzene rings is 2. The van der Waals surface area contributed by atoms with E-state index in [1.807, 2.05) is 0 Å². The Morgan fingerprint density at radius 3 is 2.30 bits per heavy atom. The molecule has 2 aromatic rings. The van der Waals surface area contributed by atoms with E-state index in [2.05, 4.69) is 10.6 Å². The fourth-order valence-electron chi connectivity index (χ4n) is 6.82.